The van der Waals surface area contributed by atoms with Gasteiger partial charge >= 0.3 is 0 Å². The molecular weight excluding hydrogens is 266 g/mol. The molecule has 2 N–H and O–H groups in total. The number of thioether (sulfide) groups is 1. The van der Waals surface area contributed by atoms with Crippen molar-refractivity contribution in [3.63, 3.8) is 0 Å². The topological polar surface area (TPSA) is 32.3 Å². The summed E-state index contributed by atoms with van der Waals surface area (Å²) in [7, 11) is 0. The van der Waals surface area contributed by atoms with E-state index in [1.54, 1.807) is 0 Å². The summed E-state index contributed by atoms with van der Waals surface area (Å²) in [5.41, 5.74) is 0.779. The highest BCUT2D eigenvalue weighted by Gasteiger charge is 2.31. The Hall–Kier alpha value is -1.03. The largest absolute Gasteiger partial charge is 0.388 e. The van der Waals surface area contributed by atoms with E-state index < -0.39 is 5.60 Å². The number of hydrogen-bond donors (Lipinski definition) is 2. The quantitative estimate of drug-likeness (QED) is 0.904. The third-order valence-electron chi connectivity index (χ3n) is 4.11. The van der Waals surface area contributed by atoms with E-state index in [4.69, 9.17) is 0 Å². The fourth-order valence-corrected chi connectivity index (χ4v) is 4.11. The van der Waals surface area contributed by atoms with Crippen molar-refractivity contribution in [1.29, 1.82) is 0 Å². The van der Waals surface area contributed by atoms with Gasteiger partial charge in [-0.05, 0) is 35.4 Å². The van der Waals surface area contributed by atoms with E-state index in [1.165, 1.54) is 16.3 Å². The van der Waals surface area contributed by atoms with Gasteiger partial charge in [0.15, 0.2) is 0 Å². The molecule has 3 heteroatoms. The van der Waals surface area contributed by atoms with Crippen LogP contribution < -0.4 is 5.32 Å². The van der Waals surface area contributed by atoms with Crippen molar-refractivity contribution in [3.05, 3.63) is 48.0 Å². The molecule has 0 amide bonds. The van der Waals surface area contributed by atoms with Crippen LogP contribution in [0.4, 0.5) is 0 Å². The Morgan fingerprint density at radius 2 is 2.05 bits per heavy atom. The number of fused-ring (bicyclic) bond motifs is 1. The van der Waals surface area contributed by atoms with Crippen molar-refractivity contribution in [3.8, 4) is 0 Å². The molecule has 2 unspecified atom stereocenters. The lowest BCUT2D eigenvalue weighted by molar-refractivity contribution is 0.0652. The summed E-state index contributed by atoms with van der Waals surface area (Å²) < 4.78 is 0. The third-order valence-corrected chi connectivity index (χ3v) is 5.34. The SMILES string of the molecule is CC(NCC1(O)CCSC1)c1cccc2ccccc12. The second-order valence-corrected chi connectivity index (χ2v) is 6.80. The summed E-state index contributed by atoms with van der Waals surface area (Å²) in [6, 6.07) is 15.1. The lowest BCUT2D eigenvalue weighted by Crippen LogP contribution is -2.41. The van der Waals surface area contributed by atoms with Crippen LogP contribution in [-0.4, -0.2) is 28.8 Å². The van der Waals surface area contributed by atoms with Gasteiger partial charge < -0.3 is 10.4 Å². The molecule has 1 fully saturated rings. The Kier molecular flexibility index (Phi) is 4.01. The maximum atomic E-state index is 10.4. The predicted octanol–water partition coefficient (Wildman–Crippen LogP) is 3.36. The fraction of sp³-hybridized carbons (Fsp3) is 0.412. The van der Waals surface area contributed by atoms with E-state index in [9.17, 15) is 5.11 Å². The number of benzene rings is 2. The first-order chi connectivity index (χ1) is 9.68. The minimum atomic E-state index is -0.524. The van der Waals surface area contributed by atoms with Gasteiger partial charge in [0.2, 0.25) is 0 Å². The molecule has 0 aromatic heterocycles. The van der Waals surface area contributed by atoms with E-state index in [-0.39, 0.29) is 6.04 Å². The zero-order chi connectivity index (χ0) is 14.0. The summed E-state index contributed by atoms with van der Waals surface area (Å²) >= 11 is 1.84. The zero-order valence-corrected chi connectivity index (χ0v) is 12.6. The van der Waals surface area contributed by atoms with Gasteiger partial charge in [0, 0.05) is 18.3 Å². The molecule has 1 aliphatic heterocycles. The molecule has 0 spiro atoms. The van der Waals surface area contributed by atoms with Crippen molar-refractivity contribution in [2.45, 2.75) is 25.0 Å². The van der Waals surface area contributed by atoms with Crippen LogP contribution in [0, 0.1) is 0 Å². The molecule has 2 nitrogen and oxygen atoms in total. The lowest BCUT2D eigenvalue weighted by Gasteiger charge is -2.25. The average Bonchev–Trinajstić information content (AvgIpc) is 2.91. The smallest absolute Gasteiger partial charge is 0.0869 e. The van der Waals surface area contributed by atoms with Crippen LogP contribution in [0.3, 0.4) is 0 Å². The highest BCUT2D eigenvalue weighted by atomic mass is 32.2. The van der Waals surface area contributed by atoms with Crippen LogP contribution in [0.5, 0.6) is 0 Å². The van der Waals surface area contributed by atoms with Crippen molar-refractivity contribution in [2.75, 3.05) is 18.1 Å². The van der Waals surface area contributed by atoms with Crippen LogP contribution in [0.2, 0.25) is 0 Å². The first kappa shape index (κ1) is 13.9. The Morgan fingerprint density at radius 3 is 2.85 bits per heavy atom. The summed E-state index contributed by atoms with van der Waals surface area (Å²) in [6.45, 7) is 2.84. The van der Waals surface area contributed by atoms with Crippen LogP contribution in [0.15, 0.2) is 42.5 Å². The maximum Gasteiger partial charge on any atom is 0.0869 e. The van der Waals surface area contributed by atoms with Crippen LogP contribution in [0.1, 0.15) is 24.9 Å². The van der Waals surface area contributed by atoms with Gasteiger partial charge in [0.05, 0.1) is 5.60 Å². The summed E-state index contributed by atoms with van der Waals surface area (Å²) in [6.07, 6.45) is 0.896. The van der Waals surface area contributed by atoms with Gasteiger partial charge in [-0.1, -0.05) is 42.5 Å². The molecule has 1 aliphatic rings. The van der Waals surface area contributed by atoms with E-state index >= 15 is 0 Å². The van der Waals surface area contributed by atoms with Crippen molar-refractivity contribution in [2.24, 2.45) is 0 Å². The molecule has 1 saturated heterocycles. The standard InChI is InChI=1S/C17H21NOS/c1-13(18-11-17(19)9-10-20-12-17)15-8-4-6-14-5-2-3-7-16(14)15/h2-8,13,18-19H,9-12H2,1H3. The Bertz CT molecular complexity index is 587. The molecule has 0 bridgehead atoms. The van der Waals surface area contributed by atoms with Crippen LogP contribution >= 0.6 is 11.8 Å². The molecular formula is C17H21NOS. The van der Waals surface area contributed by atoms with Gasteiger partial charge in [-0.2, -0.15) is 11.8 Å². The van der Waals surface area contributed by atoms with Crippen molar-refractivity contribution in [1.82, 2.24) is 5.32 Å². The molecule has 2 atom stereocenters. The van der Waals surface area contributed by atoms with Gasteiger partial charge in [-0.15, -0.1) is 0 Å². The molecule has 0 aliphatic carbocycles. The van der Waals surface area contributed by atoms with Gasteiger partial charge in [0.1, 0.15) is 0 Å². The predicted molar refractivity (Wildman–Crippen MR) is 87.3 cm³/mol. The van der Waals surface area contributed by atoms with Crippen molar-refractivity contribution < 1.29 is 5.11 Å². The highest BCUT2D eigenvalue weighted by Crippen LogP contribution is 2.29. The Labute approximate surface area is 124 Å². The minimum Gasteiger partial charge on any atom is -0.388 e. The van der Waals surface area contributed by atoms with Gasteiger partial charge in [-0.25, -0.2) is 0 Å². The fourth-order valence-electron chi connectivity index (χ4n) is 2.82. The molecule has 2 aromatic rings. The summed E-state index contributed by atoms with van der Waals surface area (Å²) in [4.78, 5) is 0. The average molecular weight is 287 g/mol. The monoisotopic (exact) mass is 287 g/mol. The number of rotatable bonds is 4. The van der Waals surface area contributed by atoms with Gasteiger partial charge in [0.25, 0.3) is 0 Å². The highest BCUT2D eigenvalue weighted by molar-refractivity contribution is 7.99. The van der Waals surface area contributed by atoms with E-state index in [1.807, 2.05) is 11.8 Å². The summed E-state index contributed by atoms with van der Waals surface area (Å²) in [5, 5.41) is 16.5. The molecule has 0 radical (unpaired) electrons. The number of aliphatic hydroxyl groups is 1. The molecule has 3 rings (SSSR count). The second-order valence-electron chi connectivity index (χ2n) is 5.70. The molecule has 0 saturated carbocycles. The van der Waals surface area contributed by atoms with E-state index in [2.05, 4.69) is 54.7 Å². The minimum absolute atomic E-state index is 0.246. The van der Waals surface area contributed by atoms with E-state index in [0.717, 1.165) is 17.9 Å². The second kappa shape index (κ2) is 5.76. The normalized spacial score (nSPS) is 24.1. The number of hydrogen-bond acceptors (Lipinski definition) is 3. The Balaban J connectivity index is 1.77. The van der Waals surface area contributed by atoms with Gasteiger partial charge in [-0.3, -0.25) is 0 Å². The number of nitrogens with one attached hydrogen (secondary N) is 1. The van der Waals surface area contributed by atoms with Crippen LogP contribution in [0.25, 0.3) is 10.8 Å². The zero-order valence-electron chi connectivity index (χ0n) is 11.8. The molecule has 2 aromatic carbocycles. The van der Waals surface area contributed by atoms with E-state index in [0.29, 0.717) is 6.54 Å². The molecule has 1 heterocycles. The third kappa shape index (κ3) is 2.85. The lowest BCUT2D eigenvalue weighted by atomic mass is 9.98. The first-order valence-electron chi connectivity index (χ1n) is 7.19. The Morgan fingerprint density at radius 1 is 1.25 bits per heavy atom. The van der Waals surface area contributed by atoms with Crippen LogP contribution in [-0.2, 0) is 0 Å². The maximum absolute atomic E-state index is 10.4. The van der Waals surface area contributed by atoms with Crippen molar-refractivity contribution >= 4 is 22.5 Å². The summed E-state index contributed by atoms with van der Waals surface area (Å²) in [5.74, 6) is 1.92. The molecule has 20 heavy (non-hydrogen) atoms. The molecule has 106 valence electrons. The first-order valence-corrected chi connectivity index (χ1v) is 8.35.